The van der Waals surface area contributed by atoms with Crippen LogP contribution in [0.4, 0.5) is 13.2 Å². The number of carbonyl (C=O) groups is 1. The van der Waals surface area contributed by atoms with Crippen molar-refractivity contribution in [3.8, 4) is 0 Å². The fourth-order valence-electron chi connectivity index (χ4n) is 0.958. The maximum atomic E-state index is 11.8. The Kier molecular flexibility index (Phi) is 4.57. The SMILES string of the molecule is COC(=O)C(C)CS(=O)(=O)CC(F)(F)F. The van der Waals surface area contributed by atoms with Crippen LogP contribution in [-0.2, 0) is 19.4 Å². The molecule has 0 saturated heterocycles. The van der Waals surface area contributed by atoms with Crippen molar-refractivity contribution in [1.82, 2.24) is 0 Å². The summed E-state index contributed by atoms with van der Waals surface area (Å²) in [6, 6.07) is 0. The summed E-state index contributed by atoms with van der Waals surface area (Å²) in [6.07, 6.45) is -4.78. The van der Waals surface area contributed by atoms with Crippen molar-refractivity contribution in [2.75, 3.05) is 18.6 Å². The summed E-state index contributed by atoms with van der Waals surface area (Å²) in [5.74, 6) is -4.72. The van der Waals surface area contributed by atoms with Gasteiger partial charge in [0.2, 0.25) is 0 Å². The molecule has 0 heterocycles. The minimum atomic E-state index is -4.78. The van der Waals surface area contributed by atoms with Gasteiger partial charge in [0.05, 0.1) is 18.8 Å². The van der Waals surface area contributed by atoms with Gasteiger partial charge in [-0.3, -0.25) is 4.79 Å². The van der Waals surface area contributed by atoms with Gasteiger partial charge in [-0.15, -0.1) is 0 Å². The minimum absolute atomic E-state index is 0.847. The largest absolute Gasteiger partial charge is 0.469 e. The van der Waals surface area contributed by atoms with E-state index in [1.807, 2.05) is 0 Å². The van der Waals surface area contributed by atoms with Gasteiger partial charge in [0.1, 0.15) is 5.75 Å². The number of esters is 1. The molecule has 0 amide bonds. The van der Waals surface area contributed by atoms with Crippen molar-refractivity contribution in [3.63, 3.8) is 0 Å². The van der Waals surface area contributed by atoms with E-state index in [9.17, 15) is 26.4 Å². The number of carbonyl (C=O) groups excluding carboxylic acids is 1. The predicted octanol–water partition coefficient (Wildman–Crippen LogP) is 0.773. The summed E-state index contributed by atoms with van der Waals surface area (Å²) in [5, 5.41) is 0. The van der Waals surface area contributed by atoms with Crippen LogP contribution in [0.25, 0.3) is 0 Å². The van der Waals surface area contributed by atoms with Gasteiger partial charge < -0.3 is 4.74 Å². The standard InChI is InChI=1S/C7H11F3O4S/c1-5(6(11)14-2)3-15(12,13)4-7(8,9)10/h5H,3-4H2,1-2H3. The lowest BCUT2D eigenvalue weighted by Crippen LogP contribution is -2.30. The number of alkyl halides is 3. The molecule has 0 aliphatic heterocycles. The molecule has 0 fully saturated rings. The average Bonchev–Trinajstić information content (AvgIpc) is 1.96. The van der Waals surface area contributed by atoms with E-state index in [2.05, 4.69) is 4.74 Å². The van der Waals surface area contributed by atoms with E-state index in [-0.39, 0.29) is 0 Å². The van der Waals surface area contributed by atoms with E-state index in [1.54, 1.807) is 0 Å². The van der Waals surface area contributed by atoms with E-state index < -0.39 is 39.4 Å². The Hall–Kier alpha value is -0.790. The zero-order valence-electron chi connectivity index (χ0n) is 8.17. The van der Waals surface area contributed by atoms with Crippen LogP contribution in [-0.4, -0.2) is 39.2 Å². The molecule has 4 nitrogen and oxygen atoms in total. The highest BCUT2D eigenvalue weighted by molar-refractivity contribution is 7.91. The fourth-order valence-corrected chi connectivity index (χ4v) is 2.47. The number of rotatable bonds is 4. The third-order valence-corrected chi connectivity index (χ3v) is 3.27. The molecule has 1 atom stereocenters. The minimum Gasteiger partial charge on any atom is -0.469 e. The lowest BCUT2D eigenvalue weighted by atomic mass is 10.2. The number of hydrogen-bond acceptors (Lipinski definition) is 4. The zero-order chi connectivity index (χ0) is 12.3. The highest BCUT2D eigenvalue weighted by Gasteiger charge is 2.36. The second-order valence-corrected chi connectivity index (χ2v) is 5.20. The second-order valence-electron chi connectivity index (χ2n) is 3.09. The first-order chi connectivity index (χ1) is 6.57. The van der Waals surface area contributed by atoms with E-state index in [0.29, 0.717) is 0 Å². The highest BCUT2D eigenvalue weighted by atomic mass is 32.2. The normalized spacial score (nSPS) is 14.7. The van der Waals surface area contributed by atoms with Crippen LogP contribution >= 0.6 is 0 Å². The Labute approximate surface area is 85.3 Å². The van der Waals surface area contributed by atoms with Gasteiger partial charge in [0.25, 0.3) is 0 Å². The Morgan fingerprint density at radius 3 is 2.20 bits per heavy atom. The van der Waals surface area contributed by atoms with Crippen LogP contribution in [0, 0.1) is 5.92 Å². The summed E-state index contributed by atoms with van der Waals surface area (Å²) >= 11 is 0. The van der Waals surface area contributed by atoms with E-state index in [1.165, 1.54) is 6.92 Å². The molecule has 0 aromatic heterocycles. The smallest absolute Gasteiger partial charge is 0.402 e. The van der Waals surface area contributed by atoms with E-state index >= 15 is 0 Å². The molecule has 90 valence electrons. The van der Waals surface area contributed by atoms with E-state index in [0.717, 1.165) is 7.11 Å². The van der Waals surface area contributed by atoms with Crippen molar-refractivity contribution < 1.29 is 31.1 Å². The second kappa shape index (κ2) is 4.82. The molecule has 1 unspecified atom stereocenters. The maximum absolute atomic E-state index is 11.8. The molecule has 0 aliphatic rings. The van der Waals surface area contributed by atoms with Crippen molar-refractivity contribution in [2.45, 2.75) is 13.1 Å². The Morgan fingerprint density at radius 1 is 1.40 bits per heavy atom. The summed E-state index contributed by atoms with van der Waals surface area (Å²) in [6.45, 7) is 1.19. The lowest BCUT2D eigenvalue weighted by Gasteiger charge is -2.11. The molecular formula is C7H11F3O4S. The summed E-state index contributed by atoms with van der Waals surface area (Å²) < 4.78 is 61.5. The summed E-state index contributed by atoms with van der Waals surface area (Å²) in [4.78, 5) is 10.8. The van der Waals surface area contributed by atoms with Crippen LogP contribution in [0.15, 0.2) is 0 Å². The predicted molar refractivity (Wildman–Crippen MR) is 45.9 cm³/mol. The van der Waals surface area contributed by atoms with Crippen molar-refractivity contribution in [2.24, 2.45) is 5.92 Å². The van der Waals surface area contributed by atoms with E-state index in [4.69, 9.17) is 0 Å². The molecular weight excluding hydrogens is 237 g/mol. The van der Waals surface area contributed by atoms with Gasteiger partial charge in [-0.25, -0.2) is 8.42 Å². The topological polar surface area (TPSA) is 60.4 Å². The first-order valence-electron chi connectivity index (χ1n) is 3.92. The highest BCUT2D eigenvalue weighted by Crippen LogP contribution is 2.19. The number of halogens is 3. The fraction of sp³-hybridized carbons (Fsp3) is 0.857. The van der Waals surface area contributed by atoms with Crippen LogP contribution < -0.4 is 0 Å². The van der Waals surface area contributed by atoms with Gasteiger partial charge >= 0.3 is 12.1 Å². The van der Waals surface area contributed by atoms with Gasteiger partial charge in [-0.2, -0.15) is 13.2 Å². The molecule has 0 saturated carbocycles. The van der Waals surface area contributed by atoms with Gasteiger partial charge in [0.15, 0.2) is 9.84 Å². The third kappa shape index (κ3) is 6.32. The molecule has 8 heteroatoms. The first kappa shape index (κ1) is 14.2. The Bertz CT molecular complexity index is 320. The summed E-state index contributed by atoms with van der Waals surface area (Å²) in [5.41, 5.74) is 0. The number of sulfone groups is 1. The molecule has 0 aliphatic carbocycles. The molecule has 0 bridgehead atoms. The van der Waals surface area contributed by atoms with Crippen molar-refractivity contribution in [1.29, 1.82) is 0 Å². The molecule has 15 heavy (non-hydrogen) atoms. The first-order valence-corrected chi connectivity index (χ1v) is 5.74. The zero-order valence-corrected chi connectivity index (χ0v) is 8.98. The average molecular weight is 248 g/mol. The number of ether oxygens (including phenoxy) is 1. The van der Waals surface area contributed by atoms with Crippen LogP contribution in [0.2, 0.25) is 0 Å². The van der Waals surface area contributed by atoms with Crippen molar-refractivity contribution >= 4 is 15.8 Å². The van der Waals surface area contributed by atoms with Gasteiger partial charge in [-0.1, -0.05) is 6.92 Å². The quantitative estimate of drug-likeness (QED) is 0.689. The monoisotopic (exact) mass is 248 g/mol. The lowest BCUT2D eigenvalue weighted by molar-refractivity contribution is -0.144. The van der Waals surface area contributed by atoms with Crippen molar-refractivity contribution in [3.05, 3.63) is 0 Å². The molecule has 0 aromatic carbocycles. The summed E-state index contributed by atoms with van der Waals surface area (Å²) in [7, 11) is -3.28. The van der Waals surface area contributed by atoms with Gasteiger partial charge in [-0.05, 0) is 0 Å². The van der Waals surface area contributed by atoms with Crippen LogP contribution in [0.1, 0.15) is 6.92 Å². The molecule has 0 N–H and O–H groups in total. The van der Waals surface area contributed by atoms with Crippen LogP contribution in [0.5, 0.6) is 0 Å². The Morgan fingerprint density at radius 2 is 1.87 bits per heavy atom. The maximum Gasteiger partial charge on any atom is 0.402 e. The van der Waals surface area contributed by atoms with Crippen LogP contribution in [0.3, 0.4) is 0 Å². The number of methoxy groups -OCH3 is 1. The number of hydrogen-bond donors (Lipinski definition) is 0. The molecule has 0 spiro atoms. The Balaban J connectivity index is 4.46. The molecule has 0 rings (SSSR count). The van der Waals surface area contributed by atoms with Gasteiger partial charge in [0, 0.05) is 0 Å². The third-order valence-electron chi connectivity index (χ3n) is 1.49. The molecule has 0 aromatic rings. The molecule has 0 radical (unpaired) electrons.